The van der Waals surface area contributed by atoms with E-state index < -0.39 is 0 Å². The van der Waals surface area contributed by atoms with Gasteiger partial charge in [-0.25, -0.2) is 0 Å². The fourth-order valence-electron chi connectivity index (χ4n) is 1.82. The first-order valence-electron chi connectivity index (χ1n) is 5.18. The molecule has 4 nitrogen and oxygen atoms in total. The van der Waals surface area contributed by atoms with Gasteiger partial charge in [0.1, 0.15) is 5.15 Å². The summed E-state index contributed by atoms with van der Waals surface area (Å²) >= 11 is 6.18. The molecule has 0 aliphatic carbocycles. The van der Waals surface area contributed by atoms with Gasteiger partial charge in [0.15, 0.2) is 0 Å². The van der Waals surface area contributed by atoms with Crippen molar-refractivity contribution in [2.24, 2.45) is 7.05 Å². The van der Waals surface area contributed by atoms with E-state index in [4.69, 9.17) is 11.6 Å². The second-order valence-electron chi connectivity index (χ2n) is 4.21. The fraction of sp³-hybridized carbons (Fsp3) is 0.700. The Morgan fingerprint density at radius 1 is 1.60 bits per heavy atom. The number of halogens is 1. The van der Waals surface area contributed by atoms with Crippen molar-refractivity contribution >= 4 is 11.6 Å². The number of hydrogen-bond acceptors (Lipinski definition) is 3. The Hall–Kier alpha value is -0.580. The quantitative estimate of drug-likeness (QED) is 0.831. The standard InChI is InChI=1S/C10H17ClN4/c1-7-9(10(11)15(3)13-7)6-14(2)8-4-12-5-8/h8,12H,4-6H2,1-3H3. The van der Waals surface area contributed by atoms with Crippen molar-refractivity contribution in [1.82, 2.24) is 20.0 Å². The van der Waals surface area contributed by atoms with Crippen molar-refractivity contribution in [3.8, 4) is 0 Å². The first-order valence-corrected chi connectivity index (χ1v) is 5.56. The van der Waals surface area contributed by atoms with Crippen molar-refractivity contribution in [2.75, 3.05) is 20.1 Å². The number of rotatable bonds is 3. The van der Waals surface area contributed by atoms with Gasteiger partial charge < -0.3 is 5.32 Å². The number of aromatic nitrogens is 2. The number of aryl methyl sites for hydroxylation is 2. The number of hydrogen-bond donors (Lipinski definition) is 1. The van der Waals surface area contributed by atoms with E-state index in [0.717, 1.165) is 36.0 Å². The minimum atomic E-state index is 0.640. The molecule has 1 fully saturated rings. The first-order chi connectivity index (χ1) is 7.09. The summed E-state index contributed by atoms with van der Waals surface area (Å²) in [5.41, 5.74) is 2.18. The molecule has 0 amide bonds. The summed E-state index contributed by atoms with van der Waals surface area (Å²) < 4.78 is 1.74. The third kappa shape index (κ3) is 2.02. The van der Waals surface area contributed by atoms with Gasteiger partial charge in [-0.05, 0) is 14.0 Å². The molecular weight excluding hydrogens is 212 g/mol. The highest BCUT2D eigenvalue weighted by molar-refractivity contribution is 6.30. The van der Waals surface area contributed by atoms with Crippen molar-refractivity contribution in [3.63, 3.8) is 0 Å². The van der Waals surface area contributed by atoms with Crippen molar-refractivity contribution < 1.29 is 0 Å². The van der Waals surface area contributed by atoms with E-state index in [9.17, 15) is 0 Å². The summed E-state index contributed by atoms with van der Waals surface area (Å²) in [6.07, 6.45) is 0. The van der Waals surface area contributed by atoms with Gasteiger partial charge in [0, 0.05) is 38.3 Å². The molecule has 0 radical (unpaired) electrons. The molecule has 2 rings (SSSR count). The van der Waals surface area contributed by atoms with E-state index in [1.807, 2.05) is 14.0 Å². The predicted octanol–water partition coefficient (Wildman–Crippen LogP) is 0.786. The SMILES string of the molecule is Cc1nn(C)c(Cl)c1CN(C)C1CNC1. The van der Waals surface area contributed by atoms with Crippen LogP contribution >= 0.6 is 11.6 Å². The van der Waals surface area contributed by atoms with Crippen molar-refractivity contribution in [1.29, 1.82) is 0 Å². The Morgan fingerprint density at radius 3 is 2.67 bits per heavy atom. The molecule has 0 unspecified atom stereocenters. The highest BCUT2D eigenvalue weighted by atomic mass is 35.5. The van der Waals surface area contributed by atoms with Crippen LogP contribution in [0.25, 0.3) is 0 Å². The van der Waals surface area contributed by atoms with Crippen LogP contribution in [0.2, 0.25) is 5.15 Å². The van der Waals surface area contributed by atoms with Crippen molar-refractivity contribution in [3.05, 3.63) is 16.4 Å². The van der Waals surface area contributed by atoms with E-state index in [-0.39, 0.29) is 0 Å². The fourth-order valence-corrected chi connectivity index (χ4v) is 2.05. The Kier molecular flexibility index (Phi) is 3.00. The lowest BCUT2D eigenvalue weighted by molar-refractivity contribution is 0.173. The monoisotopic (exact) mass is 228 g/mol. The van der Waals surface area contributed by atoms with Crippen LogP contribution < -0.4 is 5.32 Å². The van der Waals surface area contributed by atoms with Crippen LogP contribution in [0, 0.1) is 6.92 Å². The van der Waals surface area contributed by atoms with Gasteiger partial charge in [-0.2, -0.15) is 5.10 Å². The van der Waals surface area contributed by atoms with Crippen LogP contribution in [0.4, 0.5) is 0 Å². The summed E-state index contributed by atoms with van der Waals surface area (Å²) in [5.74, 6) is 0. The second kappa shape index (κ2) is 4.12. The van der Waals surface area contributed by atoms with E-state index in [1.165, 1.54) is 0 Å². The van der Waals surface area contributed by atoms with Gasteiger partial charge in [-0.15, -0.1) is 0 Å². The zero-order chi connectivity index (χ0) is 11.0. The van der Waals surface area contributed by atoms with Crippen LogP contribution in [-0.2, 0) is 13.6 Å². The number of nitrogens with zero attached hydrogens (tertiary/aromatic N) is 3. The van der Waals surface area contributed by atoms with Gasteiger partial charge >= 0.3 is 0 Å². The smallest absolute Gasteiger partial charge is 0.131 e. The molecule has 0 aromatic carbocycles. The maximum atomic E-state index is 6.18. The highest BCUT2D eigenvalue weighted by Crippen LogP contribution is 2.21. The number of nitrogens with one attached hydrogen (secondary N) is 1. The predicted molar refractivity (Wildman–Crippen MR) is 61.1 cm³/mol. The molecule has 0 saturated carbocycles. The number of likely N-dealkylation sites (N-methyl/N-ethyl adjacent to an activating group) is 1. The molecule has 2 heterocycles. The molecule has 1 aliphatic heterocycles. The average molecular weight is 229 g/mol. The lowest BCUT2D eigenvalue weighted by Crippen LogP contribution is -2.55. The van der Waals surface area contributed by atoms with E-state index in [1.54, 1.807) is 4.68 Å². The average Bonchev–Trinajstić information content (AvgIpc) is 2.29. The van der Waals surface area contributed by atoms with Crippen LogP contribution in [0.5, 0.6) is 0 Å². The summed E-state index contributed by atoms with van der Waals surface area (Å²) in [7, 11) is 4.01. The molecule has 1 N–H and O–H groups in total. The molecule has 1 saturated heterocycles. The maximum absolute atomic E-state index is 6.18. The third-order valence-electron chi connectivity index (χ3n) is 3.06. The minimum Gasteiger partial charge on any atom is -0.314 e. The zero-order valence-corrected chi connectivity index (χ0v) is 10.2. The normalized spacial score (nSPS) is 17.1. The summed E-state index contributed by atoms with van der Waals surface area (Å²) in [5, 5.41) is 8.33. The Labute approximate surface area is 95.2 Å². The third-order valence-corrected chi connectivity index (χ3v) is 3.53. The molecule has 84 valence electrons. The van der Waals surface area contributed by atoms with E-state index in [0.29, 0.717) is 6.04 Å². The van der Waals surface area contributed by atoms with Gasteiger partial charge in [0.2, 0.25) is 0 Å². The summed E-state index contributed by atoms with van der Waals surface area (Å²) in [6.45, 7) is 5.04. The molecule has 15 heavy (non-hydrogen) atoms. The van der Waals surface area contributed by atoms with Crippen LogP contribution in [-0.4, -0.2) is 40.9 Å². The van der Waals surface area contributed by atoms with Gasteiger partial charge in [-0.1, -0.05) is 11.6 Å². The highest BCUT2D eigenvalue weighted by Gasteiger charge is 2.23. The molecule has 5 heteroatoms. The van der Waals surface area contributed by atoms with Crippen molar-refractivity contribution in [2.45, 2.75) is 19.5 Å². The summed E-state index contributed by atoms with van der Waals surface area (Å²) in [4.78, 5) is 2.33. The van der Waals surface area contributed by atoms with Crippen LogP contribution in [0.1, 0.15) is 11.3 Å². The lowest BCUT2D eigenvalue weighted by atomic mass is 10.1. The second-order valence-corrected chi connectivity index (χ2v) is 4.56. The topological polar surface area (TPSA) is 33.1 Å². The Balaban J connectivity index is 2.09. The minimum absolute atomic E-state index is 0.640. The van der Waals surface area contributed by atoms with Gasteiger partial charge in [-0.3, -0.25) is 9.58 Å². The summed E-state index contributed by atoms with van der Waals surface area (Å²) in [6, 6.07) is 0.640. The Morgan fingerprint density at radius 2 is 2.27 bits per heavy atom. The molecule has 1 aromatic rings. The maximum Gasteiger partial charge on any atom is 0.131 e. The van der Waals surface area contributed by atoms with E-state index >= 15 is 0 Å². The van der Waals surface area contributed by atoms with Crippen LogP contribution in [0.3, 0.4) is 0 Å². The molecule has 0 spiro atoms. The molecule has 1 aliphatic rings. The van der Waals surface area contributed by atoms with Gasteiger partial charge in [0.05, 0.1) is 5.69 Å². The first kappa shape index (κ1) is 10.9. The molecule has 1 aromatic heterocycles. The van der Waals surface area contributed by atoms with Gasteiger partial charge in [0.25, 0.3) is 0 Å². The Bertz CT molecular complexity index is 357. The van der Waals surface area contributed by atoms with E-state index in [2.05, 4.69) is 22.4 Å². The largest absolute Gasteiger partial charge is 0.314 e. The molecular formula is C10H17ClN4. The zero-order valence-electron chi connectivity index (χ0n) is 9.42. The molecule has 0 atom stereocenters. The lowest BCUT2D eigenvalue weighted by Gasteiger charge is -2.35. The molecule has 0 bridgehead atoms. The van der Waals surface area contributed by atoms with Crippen LogP contribution in [0.15, 0.2) is 0 Å².